The summed E-state index contributed by atoms with van der Waals surface area (Å²) in [5.74, 6) is -0.866. The Labute approximate surface area is 148 Å². The number of likely N-dealkylation sites (tertiary alicyclic amines) is 1. The predicted octanol–water partition coefficient (Wildman–Crippen LogP) is 3.30. The number of carboxylic acids is 1. The molecule has 134 valence electrons. The first-order valence-electron chi connectivity index (χ1n) is 8.36. The molecule has 0 bridgehead atoms. The molecule has 1 aromatic rings. The minimum Gasteiger partial charge on any atom is -0.481 e. The lowest BCUT2D eigenvalue weighted by Crippen LogP contribution is -2.47. The van der Waals surface area contributed by atoms with Crippen molar-refractivity contribution in [2.24, 2.45) is 0 Å². The molecule has 1 N–H and O–H groups in total. The van der Waals surface area contributed by atoms with Crippen molar-refractivity contribution in [2.75, 3.05) is 13.1 Å². The lowest BCUT2D eigenvalue weighted by molar-refractivity contribution is -0.139. The van der Waals surface area contributed by atoms with Gasteiger partial charge < -0.3 is 14.7 Å². The average molecular weight is 344 g/mol. The first kappa shape index (κ1) is 18.8. The molecule has 0 atom stereocenters. The van der Waals surface area contributed by atoms with Crippen LogP contribution in [0.3, 0.4) is 0 Å². The van der Waals surface area contributed by atoms with E-state index in [-0.39, 0.29) is 12.5 Å². The number of ether oxygens (including phenoxy) is 1. The molecule has 0 unspecified atom stereocenters. The largest absolute Gasteiger partial charge is 0.481 e. The molecule has 6 nitrogen and oxygen atoms in total. The highest BCUT2D eigenvalue weighted by molar-refractivity contribution is 5.70. The number of nitrogens with zero attached hydrogens (tertiary/aromatic N) is 2. The van der Waals surface area contributed by atoms with E-state index in [4.69, 9.17) is 10.00 Å². The molecule has 0 radical (unpaired) electrons. The van der Waals surface area contributed by atoms with Gasteiger partial charge in [0, 0.05) is 18.5 Å². The molecular formula is C19H24N2O4. The van der Waals surface area contributed by atoms with Gasteiger partial charge in [-0.3, -0.25) is 4.79 Å². The van der Waals surface area contributed by atoms with Crippen LogP contribution in [0.1, 0.15) is 51.2 Å². The second-order valence-electron chi connectivity index (χ2n) is 7.51. The maximum atomic E-state index is 12.2. The molecule has 1 aliphatic rings. The summed E-state index contributed by atoms with van der Waals surface area (Å²) in [4.78, 5) is 25.3. The minimum absolute atomic E-state index is 0.00105. The number of nitriles is 1. The Bertz CT molecular complexity index is 675. The summed E-state index contributed by atoms with van der Waals surface area (Å²) < 4.78 is 5.40. The molecular weight excluding hydrogens is 320 g/mol. The third-order valence-corrected chi connectivity index (χ3v) is 4.49. The topological polar surface area (TPSA) is 90.6 Å². The fourth-order valence-electron chi connectivity index (χ4n) is 3.20. The fourth-order valence-corrected chi connectivity index (χ4v) is 3.20. The van der Waals surface area contributed by atoms with E-state index in [0.717, 1.165) is 5.56 Å². The smallest absolute Gasteiger partial charge is 0.410 e. The summed E-state index contributed by atoms with van der Waals surface area (Å²) in [6, 6.07) is 9.13. The Morgan fingerprint density at radius 2 is 1.80 bits per heavy atom. The number of carboxylic acid groups (broad SMARTS) is 1. The second-order valence-corrected chi connectivity index (χ2v) is 7.51. The number of benzene rings is 1. The highest BCUT2D eigenvalue weighted by Gasteiger charge is 2.40. The Balaban J connectivity index is 2.17. The Hall–Kier alpha value is -2.55. The number of amides is 1. The SMILES string of the molecule is CC(C)(C)OC(=O)N1CCC(CC(=O)O)(c2ccc(C#N)cc2)CC1. The van der Waals surface area contributed by atoms with Gasteiger partial charge in [0.1, 0.15) is 5.60 Å². The van der Waals surface area contributed by atoms with Gasteiger partial charge >= 0.3 is 12.1 Å². The number of aliphatic carboxylic acids is 1. The van der Waals surface area contributed by atoms with Gasteiger partial charge in [-0.15, -0.1) is 0 Å². The molecule has 0 aromatic heterocycles. The number of rotatable bonds is 3. The normalized spacial score (nSPS) is 16.8. The van der Waals surface area contributed by atoms with Gasteiger partial charge in [0.05, 0.1) is 18.1 Å². The van der Waals surface area contributed by atoms with Crippen molar-refractivity contribution >= 4 is 12.1 Å². The number of hydrogen-bond acceptors (Lipinski definition) is 4. The summed E-state index contributed by atoms with van der Waals surface area (Å²) in [6.07, 6.45) is 0.729. The van der Waals surface area contributed by atoms with Gasteiger partial charge in [-0.2, -0.15) is 5.26 Å². The Morgan fingerprint density at radius 3 is 2.24 bits per heavy atom. The Kier molecular flexibility index (Phi) is 5.36. The van der Waals surface area contributed by atoms with Crippen molar-refractivity contribution in [2.45, 2.75) is 51.0 Å². The van der Waals surface area contributed by atoms with E-state index in [0.29, 0.717) is 31.5 Å². The fraction of sp³-hybridized carbons (Fsp3) is 0.526. The average Bonchev–Trinajstić information content (AvgIpc) is 2.53. The van der Waals surface area contributed by atoms with E-state index < -0.39 is 17.0 Å². The van der Waals surface area contributed by atoms with Crippen LogP contribution >= 0.6 is 0 Å². The van der Waals surface area contributed by atoms with E-state index in [1.165, 1.54) is 0 Å². The summed E-state index contributed by atoms with van der Waals surface area (Å²) in [5, 5.41) is 18.3. The van der Waals surface area contributed by atoms with E-state index >= 15 is 0 Å². The summed E-state index contributed by atoms with van der Waals surface area (Å²) >= 11 is 0. The van der Waals surface area contributed by atoms with Crippen molar-refractivity contribution in [1.82, 2.24) is 4.90 Å². The number of carbonyl (C=O) groups excluding carboxylic acids is 1. The maximum absolute atomic E-state index is 12.2. The first-order valence-corrected chi connectivity index (χ1v) is 8.36. The van der Waals surface area contributed by atoms with Gasteiger partial charge in [-0.05, 0) is 51.3 Å². The summed E-state index contributed by atoms with van der Waals surface area (Å²) in [7, 11) is 0. The van der Waals surface area contributed by atoms with E-state index in [1.54, 1.807) is 17.0 Å². The molecule has 1 saturated heterocycles. The molecule has 2 rings (SSSR count). The summed E-state index contributed by atoms with van der Waals surface area (Å²) in [5.41, 5.74) is 0.358. The van der Waals surface area contributed by atoms with Gasteiger partial charge in [-0.1, -0.05) is 12.1 Å². The minimum atomic E-state index is -0.866. The third kappa shape index (κ3) is 4.72. The van der Waals surface area contributed by atoms with Crippen LogP contribution < -0.4 is 0 Å². The van der Waals surface area contributed by atoms with Crippen molar-refractivity contribution < 1.29 is 19.4 Å². The van der Waals surface area contributed by atoms with E-state index in [9.17, 15) is 14.7 Å². The molecule has 1 aromatic carbocycles. The van der Waals surface area contributed by atoms with Crippen LogP contribution in [0.4, 0.5) is 4.79 Å². The molecule has 6 heteroatoms. The van der Waals surface area contributed by atoms with Crippen LogP contribution in [0.15, 0.2) is 24.3 Å². The van der Waals surface area contributed by atoms with Crippen molar-refractivity contribution in [3.63, 3.8) is 0 Å². The van der Waals surface area contributed by atoms with Gasteiger partial charge in [0.25, 0.3) is 0 Å². The van der Waals surface area contributed by atoms with Crippen LogP contribution in [-0.4, -0.2) is 40.8 Å². The third-order valence-electron chi connectivity index (χ3n) is 4.49. The number of carbonyl (C=O) groups is 2. The quantitative estimate of drug-likeness (QED) is 0.908. The van der Waals surface area contributed by atoms with Crippen LogP contribution in [0.5, 0.6) is 0 Å². The van der Waals surface area contributed by atoms with Crippen LogP contribution in [0.25, 0.3) is 0 Å². The zero-order chi connectivity index (χ0) is 18.7. The van der Waals surface area contributed by atoms with Gasteiger partial charge in [-0.25, -0.2) is 4.79 Å². The van der Waals surface area contributed by atoms with E-state index in [1.807, 2.05) is 32.9 Å². The molecule has 25 heavy (non-hydrogen) atoms. The molecule has 1 heterocycles. The molecule has 0 saturated carbocycles. The van der Waals surface area contributed by atoms with Crippen molar-refractivity contribution in [3.05, 3.63) is 35.4 Å². The standard InChI is InChI=1S/C19H24N2O4/c1-18(2,3)25-17(24)21-10-8-19(9-11-21,12-16(22)23)15-6-4-14(13-20)5-7-15/h4-7H,8-12H2,1-3H3,(H,22,23). The van der Waals surface area contributed by atoms with Crippen molar-refractivity contribution in [1.29, 1.82) is 5.26 Å². The Morgan fingerprint density at radius 1 is 1.24 bits per heavy atom. The molecule has 1 fully saturated rings. The predicted molar refractivity (Wildman–Crippen MR) is 92.1 cm³/mol. The van der Waals surface area contributed by atoms with E-state index in [2.05, 4.69) is 6.07 Å². The molecule has 0 spiro atoms. The monoisotopic (exact) mass is 344 g/mol. The summed E-state index contributed by atoms with van der Waals surface area (Å²) in [6.45, 7) is 6.35. The number of piperidine rings is 1. The van der Waals surface area contributed by atoms with Gasteiger partial charge in [0.15, 0.2) is 0 Å². The van der Waals surface area contributed by atoms with Crippen LogP contribution in [0.2, 0.25) is 0 Å². The van der Waals surface area contributed by atoms with Crippen LogP contribution in [-0.2, 0) is 14.9 Å². The zero-order valence-electron chi connectivity index (χ0n) is 14.9. The zero-order valence-corrected chi connectivity index (χ0v) is 14.9. The lowest BCUT2D eigenvalue weighted by atomic mass is 9.70. The highest BCUT2D eigenvalue weighted by Crippen LogP contribution is 2.39. The van der Waals surface area contributed by atoms with Crippen molar-refractivity contribution in [3.8, 4) is 6.07 Å². The maximum Gasteiger partial charge on any atom is 0.410 e. The highest BCUT2D eigenvalue weighted by atomic mass is 16.6. The van der Waals surface area contributed by atoms with Gasteiger partial charge in [0.2, 0.25) is 0 Å². The molecule has 0 aliphatic carbocycles. The molecule has 1 aliphatic heterocycles. The lowest BCUT2D eigenvalue weighted by Gasteiger charge is -2.41. The van der Waals surface area contributed by atoms with Crippen LogP contribution in [0, 0.1) is 11.3 Å². The second kappa shape index (κ2) is 7.14. The first-order chi connectivity index (χ1) is 11.6. The number of hydrogen-bond donors (Lipinski definition) is 1. The molecule has 1 amide bonds.